The van der Waals surface area contributed by atoms with E-state index in [1.54, 1.807) is 0 Å². The summed E-state index contributed by atoms with van der Waals surface area (Å²) in [5, 5.41) is 0.306. The summed E-state index contributed by atoms with van der Waals surface area (Å²) in [6.45, 7) is 0. The zero-order chi connectivity index (χ0) is 5.15. The van der Waals surface area contributed by atoms with E-state index in [1.165, 1.54) is 0 Å². The van der Waals surface area contributed by atoms with Crippen molar-refractivity contribution in [1.29, 1.82) is 0 Å². The van der Waals surface area contributed by atoms with Gasteiger partial charge in [-0.25, -0.2) is 16.5 Å². The van der Waals surface area contributed by atoms with Crippen LogP contribution < -0.4 is 23.6 Å². The SMILES string of the molecule is N.NC(=O)N(N)N. The first-order valence-corrected chi connectivity index (χ1v) is 1.23. The molecule has 0 fully saturated rings. The van der Waals surface area contributed by atoms with Gasteiger partial charge in [-0.1, -0.05) is 0 Å². The molecule has 0 aliphatic carbocycles. The molecule has 9 N–H and O–H groups in total. The van der Waals surface area contributed by atoms with E-state index >= 15 is 0 Å². The highest BCUT2D eigenvalue weighted by molar-refractivity contribution is 5.70. The van der Waals surface area contributed by atoms with Crippen LogP contribution in [0.2, 0.25) is 0 Å². The number of hydrogen-bond acceptors (Lipinski definition) is 4. The lowest BCUT2D eigenvalue weighted by atomic mass is 11.1. The van der Waals surface area contributed by atoms with Crippen LogP contribution in [0, 0.1) is 0 Å². The first-order valence-electron chi connectivity index (χ1n) is 1.23. The summed E-state index contributed by atoms with van der Waals surface area (Å²) in [6.07, 6.45) is 0. The molecule has 0 aromatic carbocycles. The molecule has 44 valence electrons. The monoisotopic (exact) mass is 107 g/mol. The average Bonchev–Trinajstić information content (AvgIpc) is 1.36. The largest absolute Gasteiger partial charge is 0.349 e. The molecular weight excluding hydrogens is 98.0 g/mol. The molecule has 0 spiro atoms. The highest BCUT2D eigenvalue weighted by Crippen LogP contribution is 1.53. The normalized spacial score (nSPS) is 6.57. The zero-order valence-corrected chi connectivity index (χ0v) is 3.79. The van der Waals surface area contributed by atoms with Gasteiger partial charge in [0.15, 0.2) is 0 Å². The van der Waals surface area contributed by atoms with Crippen LogP contribution in [-0.2, 0) is 0 Å². The number of nitrogens with zero attached hydrogens (tertiary/aromatic N) is 1. The molecule has 0 rings (SSSR count). The van der Waals surface area contributed by atoms with Gasteiger partial charge in [0.2, 0.25) is 0 Å². The number of rotatable bonds is 0. The maximum absolute atomic E-state index is 9.60. The van der Waals surface area contributed by atoms with Crippen LogP contribution in [-0.4, -0.2) is 11.1 Å². The lowest BCUT2D eigenvalue weighted by Gasteiger charge is -2.00. The van der Waals surface area contributed by atoms with Crippen molar-refractivity contribution in [1.82, 2.24) is 11.3 Å². The quantitative estimate of drug-likeness (QED) is 0.166. The Labute approximate surface area is 40.8 Å². The van der Waals surface area contributed by atoms with Gasteiger partial charge >= 0.3 is 6.03 Å². The first-order chi connectivity index (χ1) is 2.64. The van der Waals surface area contributed by atoms with Gasteiger partial charge in [-0.3, -0.25) is 0 Å². The fourth-order valence-electron chi connectivity index (χ4n) is 0. The molecule has 0 bridgehead atoms. The van der Waals surface area contributed by atoms with E-state index in [1.807, 2.05) is 0 Å². The molecule has 0 saturated carbocycles. The smallest absolute Gasteiger partial charge is 0.343 e. The number of amides is 2. The molecule has 0 aromatic rings. The molecule has 6 heteroatoms. The Morgan fingerprint density at radius 2 is 1.57 bits per heavy atom. The van der Waals surface area contributed by atoms with Crippen molar-refractivity contribution in [2.45, 2.75) is 0 Å². The number of urea groups is 1. The lowest BCUT2D eigenvalue weighted by Crippen LogP contribution is -2.46. The van der Waals surface area contributed by atoms with Crippen molar-refractivity contribution in [2.24, 2.45) is 17.4 Å². The minimum Gasteiger partial charge on any atom is -0.349 e. The minimum atomic E-state index is -0.852. The number of hydrazine groups is 2. The van der Waals surface area contributed by atoms with E-state index in [0.717, 1.165) is 0 Å². The number of carbonyl (C=O) groups is 1. The van der Waals surface area contributed by atoms with Gasteiger partial charge < -0.3 is 11.9 Å². The third-order valence-corrected chi connectivity index (χ3v) is 0.254. The number of hydrogen-bond donors (Lipinski definition) is 4. The third kappa shape index (κ3) is 5.15. The molecule has 0 atom stereocenters. The molecule has 0 aromatic heterocycles. The topological polar surface area (TPSA) is 133 Å². The van der Waals surface area contributed by atoms with Crippen molar-refractivity contribution in [3.8, 4) is 0 Å². The number of carbonyl (C=O) groups excluding carboxylic acids is 1. The van der Waals surface area contributed by atoms with Gasteiger partial charge in [0.1, 0.15) is 0 Å². The van der Waals surface area contributed by atoms with E-state index in [-0.39, 0.29) is 6.15 Å². The van der Waals surface area contributed by atoms with Gasteiger partial charge in [-0.15, -0.1) is 0 Å². The fraction of sp³-hybridized carbons (Fsp3) is 0. The zero-order valence-electron chi connectivity index (χ0n) is 3.79. The van der Waals surface area contributed by atoms with E-state index < -0.39 is 6.03 Å². The second-order valence-electron chi connectivity index (χ2n) is 0.746. The molecule has 7 heavy (non-hydrogen) atoms. The molecule has 0 heterocycles. The van der Waals surface area contributed by atoms with Crippen LogP contribution in [0.3, 0.4) is 0 Å². The Kier molecular flexibility index (Phi) is 4.52. The molecule has 0 radical (unpaired) electrons. The number of nitrogens with two attached hydrogens (primary N) is 3. The Bertz CT molecular complexity index is 59.1. The van der Waals surface area contributed by atoms with Crippen LogP contribution in [0.15, 0.2) is 0 Å². The second-order valence-corrected chi connectivity index (χ2v) is 0.746. The second kappa shape index (κ2) is 3.34. The lowest BCUT2D eigenvalue weighted by molar-refractivity contribution is 0.210. The Balaban J connectivity index is 0. The van der Waals surface area contributed by atoms with Crippen LogP contribution >= 0.6 is 0 Å². The Morgan fingerprint density at radius 3 is 1.57 bits per heavy atom. The summed E-state index contributed by atoms with van der Waals surface area (Å²) in [5.74, 6) is 9.14. The van der Waals surface area contributed by atoms with E-state index in [4.69, 9.17) is 0 Å². The van der Waals surface area contributed by atoms with Crippen molar-refractivity contribution in [2.75, 3.05) is 0 Å². The van der Waals surface area contributed by atoms with Gasteiger partial charge in [-0.05, 0) is 0 Å². The van der Waals surface area contributed by atoms with E-state index in [2.05, 4.69) is 17.4 Å². The highest BCUT2D eigenvalue weighted by Gasteiger charge is 1.90. The summed E-state index contributed by atoms with van der Waals surface area (Å²) in [7, 11) is 0. The Morgan fingerprint density at radius 1 is 1.43 bits per heavy atom. The highest BCUT2D eigenvalue weighted by atomic mass is 16.2. The summed E-state index contributed by atoms with van der Waals surface area (Å²) in [5.41, 5.74) is 4.47. The van der Waals surface area contributed by atoms with Crippen molar-refractivity contribution in [3.05, 3.63) is 0 Å². The van der Waals surface area contributed by atoms with Crippen molar-refractivity contribution >= 4 is 6.03 Å². The van der Waals surface area contributed by atoms with Crippen LogP contribution in [0.5, 0.6) is 0 Å². The predicted octanol–water partition coefficient (Wildman–Crippen LogP) is -1.72. The Hall–Kier alpha value is -0.850. The predicted molar refractivity (Wildman–Crippen MR) is 24.8 cm³/mol. The molecule has 0 aliphatic heterocycles. The maximum Gasteiger partial charge on any atom is 0.343 e. The summed E-state index contributed by atoms with van der Waals surface area (Å²) in [6, 6.07) is -0.852. The number of primary amides is 1. The average molecular weight is 107 g/mol. The molecule has 2 amide bonds. The van der Waals surface area contributed by atoms with E-state index in [0.29, 0.717) is 5.12 Å². The first kappa shape index (κ1) is 9.47. The minimum absolute atomic E-state index is 0. The molecule has 6 nitrogen and oxygen atoms in total. The van der Waals surface area contributed by atoms with Crippen LogP contribution in [0.4, 0.5) is 4.79 Å². The molecule has 0 aliphatic rings. The molecular formula is CH9N5O. The van der Waals surface area contributed by atoms with Crippen molar-refractivity contribution < 1.29 is 4.79 Å². The molecule has 0 saturated heterocycles. The summed E-state index contributed by atoms with van der Waals surface area (Å²) < 4.78 is 0. The summed E-state index contributed by atoms with van der Waals surface area (Å²) >= 11 is 0. The fourth-order valence-corrected chi connectivity index (χ4v) is 0. The summed E-state index contributed by atoms with van der Waals surface area (Å²) in [4.78, 5) is 9.60. The molecule has 0 unspecified atom stereocenters. The van der Waals surface area contributed by atoms with Gasteiger partial charge in [0.05, 0.1) is 0 Å². The standard InChI is InChI=1S/CH6N4O.H3N/c2-1(6)5(3)4;/h3-4H2,(H2,2,6);1H3. The van der Waals surface area contributed by atoms with Crippen molar-refractivity contribution in [3.63, 3.8) is 0 Å². The van der Waals surface area contributed by atoms with Gasteiger partial charge in [0, 0.05) is 0 Å². The van der Waals surface area contributed by atoms with E-state index in [9.17, 15) is 4.79 Å². The van der Waals surface area contributed by atoms with Crippen LogP contribution in [0.25, 0.3) is 0 Å². The maximum atomic E-state index is 9.60. The van der Waals surface area contributed by atoms with Crippen LogP contribution in [0.1, 0.15) is 0 Å². The van der Waals surface area contributed by atoms with Gasteiger partial charge in [0.25, 0.3) is 0 Å². The third-order valence-electron chi connectivity index (χ3n) is 0.254. The van der Waals surface area contributed by atoms with Gasteiger partial charge in [-0.2, -0.15) is 5.12 Å².